The van der Waals surface area contributed by atoms with Crippen molar-refractivity contribution in [1.82, 2.24) is 20.2 Å². The van der Waals surface area contributed by atoms with Gasteiger partial charge < -0.3 is 14.5 Å². The van der Waals surface area contributed by atoms with Crippen LogP contribution in [0.3, 0.4) is 0 Å². The summed E-state index contributed by atoms with van der Waals surface area (Å²) in [6.07, 6.45) is 1.59. The van der Waals surface area contributed by atoms with E-state index in [4.69, 9.17) is 4.74 Å². The molecule has 2 aromatic rings. The van der Waals surface area contributed by atoms with Gasteiger partial charge in [0.25, 0.3) is 0 Å². The molecule has 1 saturated heterocycles. The third kappa shape index (κ3) is 3.58. The molecule has 8 nitrogen and oxygen atoms in total. The predicted octanol–water partition coefficient (Wildman–Crippen LogP) is 1.08. The van der Waals surface area contributed by atoms with Gasteiger partial charge >= 0.3 is 5.97 Å². The summed E-state index contributed by atoms with van der Waals surface area (Å²) in [5.74, 6) is 1.27. The van der Waals surface area contributed by atoms with Gasteiger partial charge in [-0.3, -0.25) is 0 Å². The van der Waals surface area contributed by atoms with E-state index in [-0.39, 0.29) is 5.69 Å². The normalized spacial score (nSPS) is 14.6. The molecule has 1 aliphatic rings. The van der Waals surface area contributed by atoms with Gasteiger partial charge in [0.15, 0.2) is 11.5 Å². The van der Waals surface area contributed by atoms with Crippen LogP contribution in [0.25, 0.3) is 0 Å². The second-order valence-corrected chi connectivity index (χ2v) is 5.49. The minimum absolute atomic E-state index is 0.232. The van der Waals surface area contributed by atoms with Crippen LogP contribution in [0.4, 0.5) is 11.6 Å². The van der Waals surface area contributed by atoms with Crippen molar-refractivity contribution in [3.05, 3.63) is 35.9 Å². The van der Waals surface area contributed by atoms with Crippen molar-refractivity contribution in [2.75, 3.05) is 42.6 Å². The number of nitrogens with zero attached hydrogens (tertiary/aromatic N) is 6. The Labute approximate surface area is 140 Å². The first-order chi connectivity index (χ1) is 11.7. The fraction of sp³-hybridized carbons (Fsp3) is 0.438. The molecule has 0 atom stereocenters. The summed E-state index contributed by atoms with van der Waals surface area (Å²) in [5.41, 5.74) is 1.19. The van der Waals surface area contributed by atoms with Gasteiger partial charge in [-0.05, 0) is 26.0 Å². The van der Waals surface area contributed by atoms with Gasteiger partial charge in [0, 0.05) is 37.9 Å². The first-order valence-electron chi connectivity index (χ1n) is 7.97. The van der Waals surface area contributed by atoms with Crippen LogP contribution in [0.15, 0.2) is 24.5 Å². The third-order valence-corrected chi connectivity index (χ3v) is 3.85. The predicted molar refractivity (Wildman–Crippen MR) is 89.2 cm³/mol. The molecular formula is C16H20N6O2. The lowest BCUT2D eigenvalue weighted by atomic mass is 10.3. The van der Waals surface area contributed by atoms with E-state index < -0.39 is 5.97 Å². The van der Waals surface area contributed by atoms with E-state index >= 15 is 0 Å². The summed E-state index contributed by atoms with van der Waals surface area (Å²) in [6, 6.07) is 5.45. The zero-order chi connectivity index (χ0) is 16.9. The van der Waals surface area contributed by atoms with Gasteiger partial charge in [-0.1, -0.05) is 0 Å². The van der Waals surface area contributed by atoms with E-state index in [0.717, 1.165) is 43.5 Å². The number of carbonyl (C=O) groups excluding carboxylic acids is 1. The summed E-state index contributed by atoms with van der Waals surface area (Å²) >= 11 is 0. The second kappa shape index (κ2) is 7.20. The molecule has 0 saturated carbocycles. The number of hydrogen-bond acceptors (Lipinski definition) is 8. The van der Waals surface area contributed by atoms with Crippen molar-refractivity contribution in [3.63, 3.8) is 0 Å². The van der Waals surface area contributed by atoms with E-state index in [1.54, 1.807) is 19.3 Å². The molecular weight excluding hydrogens is 308 g/mol. The fourth-order valence-electron chi connectivity index (χ4n) is 2.59. The quantitative estimate of drug-likeness (QED) is 0.771. The van der Waals surface area contributed by atoms with Gasteiger partial charge in [-0.2, -0.15) is 0 Å². The number of piperazine rings is 1. The van der Waals surface area contributed by atoms with Gasteiger partial charge in [-0.25, -0.2) is 14.8 Å². The summed E-state index contributed by atoms with van der Waals surface area (Å²) in [5, 5.41) is 8.11. The van der Waals surface area contributed by atoms with Crippen LogP contribution in [-0.2, 0) is 4.74 Å². The molecule has 24 heavy (non-hydrogen) atoms. The molecule has 3 rings (SSSR count). The molecule has 0 amide bonds. The average Bonchev–Trinajstić information content (AvgIpc) is 2.62. The zero-order valence-corrected chi connectivity index (χ0v) is 13.8. The molecule has 0 N–H and O–H groups in total. The van der Waals surface area contributed by atoms with E-state index in [1.807, 2.05) is 19.1 Å². The highest BCUT2D eigenvalue weighted by Gasteiger charge is 2.20. The monoisotopic (exact) mass is 328 g/mol. The molecule has 0 aromatic carbocycles. The van der Waals surface area contributed by atoms with Crippen LogP contribution in [-0.4, -0.2) is 58.9 Å². The Morgan fingerprint density at radius 2 is 1.79 bits per heavy atom. The minimum atomic E-state index is -0.444. The highest BCUT2D eigenvalue weighted by Crippen LogP contribution is 2.17. The molecule has 126 valence electrons. The molecule has 0 bridgehead atoms. The lowest BCUT2D eigenvalue weighted by Crippen LogP contribution is -2.47. The van der Waals surface area contributed by atoms with Crippen LogP contribution in [0.5, 0.6) is 0 Å². The first kappa shape index (κ1) is 16.1. The molecule has 0 spiro atoms. The van der Waals surface area contributed by atoms with Crippen LogP contribution in [0.1, 0.15) is 23.1 Å². The third-order valence-electron chi connectivity index (χ3n) is 3.85. The van der Waals surface area contributed by atoms with Crippen molar-refractivity contribution in [2.24, 2.45) is 0 Å². The Balaban J connectivity index is 1.61. The summed E-state index contributed by atoms with van der Waals surface area (Å²) in [6.45, 7) is 7.37. The second-order valence-electron chi connectivity index (χ2n) is 5.49. The number of ether oxygens (including phenoxy) is 1. The summed E-state index contributed by atoms with van der Waals surface area (Å²) in [4.78, 5) is 24.4. The number of hydrogen-bond donors (Lipinski definition) is 0. The van der Waals surface area contributed by atoms with Crippen molar-refractivity contribution in [3.8, 4) is 0 Å². The van der Waals surface area contributed by atoms with E-state index in [9.17, 15) is 4.79 Å². The van der Waals surface area contributed by atoms with Crippen LogP contribution in [0.2, 0.25) is 0 Å². The van der Waals surface area contributed by atoms with E-state index in [0.29, 0.717) is 6.61 Å². The molecule has 0 unspecified atom stereocenters. The van der Waals surface area contributed by atoms with Crippen LogP contribution < -0.4 is 9.80 Å². The SMILES string of the molecule is CCOC(=O)c1ccc(N2CCN(c3cc(C)ncn3)CC2)nn1. The highest BCUT2D eigenvalue weighted by molar-refractivity contribution is 5.87. The summed E-state index contributed by atoms with van der Waals surface area (Å²) in [7, 11) is 0. The van der Waals surface area contributed by atoms with Gasteiger partial charge in [0.05, 0.1) is 6.61 Å². The van der Waals surface area contributed by atoms with Gasteiger partial charge in [0.2, 0.25) is 0 Å². The van der Waals surface area contributed by atoms with Gasteiger partial charge in [0.1, 0.15) is 12.1 Å². The highest BCUT2D eigenvalue weighted by atomic mass is 16.5. The molecule has 1 fully saturated rings. The number of aryl methyl sites for hydroxylation is 1. The maximum Gasteiger partial charge on any atom is 0.358 e. The number of anilines is 2. The number of esters is 1. The smallest absolute Gasteiger partial charge is 0.358 e. The largest absolute Gasteiger partial charge is 0.461 e. The van der Waals surface area contributed by atoms with Crippen molar-refractivity contribution < 1.29 is 9.53 Å². The molecule has 2 aromatic heterocycles. The number of carbonyl (C=O) groups is 1. The van der Waals surface area contributed by atoms with E-state index in [2.05, 4.69) is 30.0 Å². The minimum Gasteiger partial charge on any atom is -0.461 e. The maximum atomic E-state index is 11.6. The Bertz CT molecular complexity index is 698. The Kier molecular flexibility index (Phi) is 4.83. The Morgan fingerprint density at radius 1 is 1.08 bits per heavy atom. The van der Waals surface area contributed by atoms with E-state index in [1.165, 1.54) is 0 Å². The lowest BCUT2D eigenvalue weighted by Gasteiger charge is -2.35. The van der Waals surface area contributed by atoms with Crippen LogP contribution in [0, 0.1) is 6.92 Å². The molecule has 1 aliphatic heterocycles. The lowest BCUT2D eigenvalue weighted by molar-refractivity contribution is 0.0518. The first-order valence-corrected chi connectivity index (χ1v) is 7.97. The number of aromatic nitrogens is 4. The Morgan fingerprint density at radius 3 is 2.38 bits per heavy atom. The number of rotatable bonds is 4. The molecule has 0 aliphatic carbocycles. The van der Waals surface area contributed by atoms with Crippen molar-refractivity contribution >= 4 is 17.6 Å². The summed E-state index contributed by atoms with van der Waals surface area (Å²) < 4.78 is 4.91. The average molecular weight is 328 g/mol. The van der Waals surface area contributed by atoms with Gasteiger partial charge in [-0.15, -0.1) is 10.2 Å². The molecule has 0 radical (unpaired) electrons. The van der Waals surface area contributed by atoms with Crippen LogP contribution >= 0.6 is 0 Å². The standard InChI is InChI=1S/C16H20N6O2/c1-3-24-16(23)13-4-5-14(20-19-13)21-6-8-22(9-7-21)15-10-12(2)17-11-18-15/h4-5,10-11H,3,6-9H2,1-2H3. The topological polar surface area (TPSA) is 84.3 Å². The van der Waals surface area contributed by atoms with Crippen molar-refractivity contribution in [1.29, 1.82) is 0 Å². The molecule has 3 heterocycles. The fourth-order valence-corrected chi connectivity index (χ4v) is 2.59. The van der Waals surface area contributed by atoms with Crippen molar-refractivity contribution in [2.45, 2.75) is 13.8 Å². The zero-order valence-electron chi connectivity index (χ0n) is 13.8. The maximum absolute atomic E-state index is 11.6. The Hall–Kier alpha value is -2.77. The molecule has 8 heteroatoms.